The summed E-state index contributed by atoms with van der Waals surface area (Å²) in [6.45, 7) is 0.501. The number of carbonyl (C=O) groups excluding carboxylic acids is 2. The Labute approximate surface area is 161 Å². The Hall–Kier alpha value is -2.44. The van der Waals surface area contributed by atoms with Gasteiger partial charge in [-0.05, 0) is 36.4 Å². The van der Waals surface area contributed by atoms with Crippen molar-refractivity contribution in [1.82, 2.24) is 10.6 Å². The number of halogens is 2. The third-order valence-electron chi connectivity index (χ3n) is 3.52. The SMILES string of the molecule is COc1ccc(C(=O)NCCNC(=O)c2ccc(Cl)cc2Cl)cc1OC. The zero-order valence-corrected chi connectivity index (χ0v) is 15.8. The van der Waals surface area contributed by atoms with Crippen LogP contribution in [-0.4, -0.2) is 39.1 Å². The van der Waals surface area contributed by atoms with Crippen molar-refractivity contribution in [3.63, 3.8) is 0 Å². The van der Waals surface area contributed by atoms with Gasteiger partial charge in [-0.15, -0.1) is 0 Å². The number of rotatable bonds is 7. The molecule has 0 heterocycles. The van der Waals surface area contributed by atoms with Gasteiger partial charge in [-0.25, -0.2) is 0 Å². The molecule has 8 heteroatoms. The summed E-state index contributed by atoms with van der Waals surface area (Å²) in [5, 5.41) is 6.12. The largest absolute Gasteiger partial charge is 0.493 e. The predicted molar refractivity (Wildman–Crippen MR) is 101 cm³/mol. The minimum atomic E-state index is -0.341. The van der Waals surface area contributed by atoms with E-state index in [0.717, 1.165) is 0 Å². The first-order valence-electron chi connectivity index (χ1n) is 7.69. The molecule has 2 N–H and O–H groups in total. The smallest absolute Gasteiger partial charge is 0.252 e. The second-order valence-electron chi connectivity index (χ2n) is 5.21. The molecule has 0 saturated heterocycles. The Bertz CT molecular complexity index is 812. The highest BCUT2D eigenvalue weighted by molar-refractivity contribution is 6.36. The third-order valence-corrected chi connectivity index (χ3v) is 4.07. The standard InChI is InChI=1S/C18H18Cl2N2O4/c1-25-15-6-3-11(9-16(15)26-2)17(23)21-7-8-22-18(24)13-5-4-12(19)10-14(13)20/h3-6,9-10H,7-8H2,1-2H3,(H,21,23)(H,22,24). The number of benzene rings is 2. The summed E-state index contributed by atoms with van der Waals surface area (Å²) in [5.74, 6) is 0.374. The zero-order valence-electron chi connectivity index (χ0n) is 14.3. The molecule has 0 aliphatic carbocycles. The van der Waals surface area contributed by atoms with Crippen LogP contribution in [0.15, 0.2) is 36.4 Å². The lowest BCUT2D eigenvalue weighted by atomic mass is 10.2. The van der Waals surface area contributed by atoms with Crippen molar-refractivity contribution in [3.8, 4) is 11.5 Å². The minimum absolute atomic E-state index is 0.247. The summed E-state index contributed by atoms with van der Waals surface area (Å²) in [4.78, 5) is 24.2. The van der Waals surface area contributed by atoms with Crippen LogP contribution >= 0.6 is 23.2 Å². The maximum absolute atomic E-state index is 12.2. The number of hydrogen-bond donors (Lipinski definition) is 2. The van der Waals surface area contributed by atoms with Crippen LogP contribution in [0.4, 0.5) is 0 Å². The van der Waals surface area contributed by atoms with Crippen LogP contribution in [0.1, 0.15) is 20.7 Å². The normalized spacial score (nSPS) is 10.2. The summed E-state index contributed by atoms with van der Waals surface area (Å²) in [5.41, 5.74) is 0.747. The van der Waals surface area contributed by atoms with E-state index < -0.39 is 0 Å². The molecule has 6 nitrogen and oxygen atoms in total. The monoisotopic (exact) mass is 396 g/mol. The molecule has 2 aromatic carbocycles. The fraction of sp³-hybridized carbons (Fsp3) is 0.222. The van der Waals surface area contributed by atoms with Crippen LogP contribution in [0.2, 0.25) is 10.0 Å². The number of ether oxygens (including phenoxy) is 2. The summed E-state index contributed by atoms with van der Waals surface area (Å²) < 4.78 is 10.3. The van der Waals surface area contributed by atoms with Crippen molar-refractivity contribution in [3.05, 3.63) is 57.6 Å². The first kappa shape index (κ1) is 19.9. The van der Waals surface area contributed by atoms with Crippen LogP contribution in [0, 0.1) is 0 Å². The highest BCUT2D eigenvalue weighted by Crippen LogP contribution is 2.27. The predicted octanol–water partition coefficient (Wildman–Crippen LogP) is 3.17. The van der Waals surface area contributed by atoms with Crippen molar-refractivity contribution in [2.75, 3.05) is 27.3 Å². The van der Waals surface area contributed by atoms with Crippen molar-refractivity contribution < 1.29 is 19.1 Å². The van der Waals surface area contributed by atoms with E-state index in [-0.39, 0.29) is 29.9 Å². The van der Waals surface area contributed by atoms with Gasteiger partial charge in [-0.2, -0.15) is 0 Å². The second kappa shape index (κ2) is 9.31. The molecule has 0 atom stereocenters. The molecule has 0 bridgehead atoms. The molecular weight excluding hydrogens is 379 g/mol. The highest BCUT2D eigenvalue weighted by atomic mass is 35.5. The second-order valence-corrected chi connectivity index (χ2v) is 6.05. The van der Waals surface area contributed by atoms with Gasteiger partial charge in [0.25, 0.3) is 11.8 Å². The molecule has 0 aliphatic rings. The van der Waals surface area contributed by atoms with Gasteiger partial charge >= 0.3 is 0 Å². The molecule has 26 heavy (non-hydrogen) atoms. The number of hydrogen-bond acceptors (Lipinski definition) is 4. The van der Waals surface area contributed by atoms with Gasteiger partial charge in [0.15, 0.2) is 11.5 Å². The van der Waals surface area contributed by atoms with E-state index in [0.29, 0.717) is 27.6 Å². The molecule has 0 unspecified atom stereocenters. The first-order valence-corrected chi connectivity index (χ1v) is 8.45. The lowest BCUT2D eigenvalue weighted by Gasteiger charge is -2.11. The summed E-state index contributed by atoms with van der Waals surface area (Å²) in [6, 6.07) is 9.49. The molecule has 0 radical (unpaired) electrons. The number of methoxy groups -OCH3 is 2. The third kappa shape index (κ3) is 5.03. The fourth-order valence-electron chi connectivity index (χ4n) is 2.20. The average molecular weight is 397 g/mol. The van der Waals surface area contributed by atoms with Gasteiger partial charge in [0.2, 0.25) is 0 Å². The van der Waals surface area contributed by atoms with Gasteiger partial charge < -0.3 is 20.1 Å². The minimum Gasteiger partial charge on any atom is -0.493 e. The molecule has 2 amide bonds. The van der Waals surface area contributed by atoms with E-state index in [2.05, 4.69) is 10.6 Å². The summed E-state index contributed by atoms with van der Waals surface area (Å²) in [6.07, 6.45) is 0. The van der Waals surface area contributed by atoms with Gasteiger partial charge in [-0.3, -0.25) is 9.59 Å². The van der Waals surface area contributed by atoms with Gasteiger partial charge in [-0.1, -0.05) is 23.2 Å². The van der Waals surface area contributed by atoms with Crippen LogP contribution in [0.3, 0.4) is 0 Å². The molecule has 0 fully saturated rings. The lowest BCUT2D eigenvalue weighted by Crippen LogP contribution is -2.34. The van der Waals surface area contributed by atoms with Crippen LogP contribution < -0.4 is 20.1 Å². The Morgan fingerprint density at radius 3 is 2.15 bits per heavy atom. The van der Waals surface area contributed by atoms with E-state index >= 15 is 0 Å². The fourth-order valence-corrected chi connectivity index (χ4v) is 2.69. The summed E-state index contributed by atoms with van der Waals surface area (Å²) >= 11 is 11.8. The molecule has 0 saturated carbocycles. The lowest BCUT2D eigenvalue weighted by molar-refractivity contribution is 0.0927. The molecule has 2 rings (SSSR count). The quantitative estimate of drug-likeness (QED) is 0.704. The molecular formula is C18H18Cl2N2O4. The van der Waals surface area contributed by atoms with Crippen molar-refractivity contribution in [2.45, 2.75) is 0 Å². The van der Waals surface area contributed by atoms with Gasteiger partial charge in [0.1, 0.15) is 0 Å². The molecule has 0 spiro atoms. The Morgan fingerprint density at radius 1 is 0.885 bits per heavy atom. The molecule has 0 aliphatic heterocycles. The van der Waals surface area contributed by atoms with Gasteiger partial charge in [0.05, 0.1) is 24.8 Å². The van der Waals surface area contributed by atoms with Crippen molar-refractivity contribution >= 4 is 35.0 Å². The Kier molecular flexibility index (Phi) is 7.12. The molecule has 0 aromatic heterocycles. The number of nitrogens with one attached hydrogen (secondary N) is 2. The zero-order chi connectivity index (χ0) is 19.1. The topological polar surface area (TPSA) is 76.7 Å². The summed E-state index contributed by atoms with van der Waals surface area (Å²) in [7, 11) is 3.02. The van der Waals surface area contributed by atoms with Crippen LogP contribution in [0.5, 0.6) is 11.5 Å². The average Bonchev–Trinajstić information content (AvgIpc) is 2.64. The van der Waals surface area contributed by atoms with E-state index in [9.17, 15) is 9.59 Å². The van der Waals surface area contributed by atoms with E-state index in [1.807, 2.05) is 0 Å². The Balaban J connectivity index is 1.86. The molecule has 2 aromatic rings. The first-order chi connectivity index (χ1) is 12.5. The number of amides is 2. The maximum atomic E-state index is 12.2. The van der Waals surface area contributed by atoms with E-state index in [4.69, 9.17) is 32.7 Å². The number of carbonyl (C=O) groups is 2. The molecule has 138 valence electrons. The van der Waals surface area contributed by atoms with Crippen molar-refractivity contribution in [2.24, 2.45) is 0 Å². The maximum Gasteiger partial charge on any atom is 0.252 e. The van der Waals surface area contributed by atoms with Crippen molar-refractivity contribution in [1.29, 1.82) is 0 Å². The van der Waals surface area contributed by atoms with Gasteiger partial charge in [0, 0.05) is 23.7 Å². The van der Waals surface area contributed by atoms with Crippen LogP contribution in [-0.2, 0) is 0 Å². The van der Waals surface area contributed by atoms with E-state index in [1.54, 1.807) is 30.3 Å². The van der Waals surface area contributed by atoms with E-state index in [1.165, 1.54) is 20.3 Å². The van der Waals surface area contributed by atoms with Crippen LogP contribution in [0.25, 0.3) is 0 Å². The Morgan fingerprint density at radius 2 is 1.54 bits per heavy atom. The highest BCUT2D eigenvalue weighted by Gasteiger charge is 2.12.